The Morgan fingerprint density at radius 1 is 1.05 bits per heavy atom. The second-order valence-electron chi connectivity index (χ2n) is 5.45. The number of anilines is 1. The third-order valence-electron chi connectivity index (χ3n) is 3.34. The highest BCUT2D eigenvalue weighted by Crippen LogP contribution is 2.32. The smallest absolute Gasteiger partial charge is 0.130 e. The molecule has 0 radical (unpaired) electrons. The van der Waals surface area contributed by atoms with Gasteiger partial charge in [-0.05, 0) is 53.8 Å². The van der Waals surface area contributed by atoms with Gasteiger partial charge in [-0.3, -0.25) is 0 Å². The van der Waals surface area contributed by atoms with Gasteiger partial charge in [-0.2, -0.15) is 0 Å². The fourth-order valence-corrected chi connectivity index (χ4v) is 2.25. The van der Waals surface area contributed by atoms with E-state index in [0.717, 1.165) is 30.0 Å². The first kappa shape index (κ1) is 14.4. The number of hydrogen-bond donors (Lipinski definition) is 1. The molecule has 0 amide bonds. The molecule has 0 aromatic heterocycles. The summed E-state index contributed by atoms with van der Waals surface area (Å²) in [4.78, 5) is 0. The maximum atomic E-state index is 6.00. The summed E-state index contributed by atoms with van der Waals surface area (Å²) in [7, 11) is 0. The highest BCUT2D eigenvalue weighted by atomic mass is 16.5. The molecule has 2 aromatic carbocycles. The minimum atomic E-state index is 0.440. The number of nitrogens with two attached hydrogens (primary N) is 1. The maximum absolute atomic E-state index is 6.00. The zero-order valence-electron chi connectivity index (χ0n) is 12.5. The number of ether oxygens (including phenoxy) is 1. The average Bonchev–Trinajstić information content (AvgIpc) is 2.43. The molecule has 0 bridgehead atoms. The summed E-state index contributed by atoms with van der Waals surface area (Å²) in [5.41, 5.74) is 9.08. The van der Waals surface area contributed by atoms with Gasteiger partial charge in [0.05, 0.1) is 0 Å². The first-order valence-electron chi connectivity index (χ1n) is 7.26. The predicted octanol–water partition coefficient (Wildman–Crippen LogP) is 5.14. The molecule has 0 aliphatic carbocycles. The van der Waals surface area contributed by atoms with Gasteiger partial charge < -0.3 is 10.5 Å². The lowest BCUT2D eigenvalue weighted by Crippen LogP contribution is -1.96. The molecule has 0 spiro atoms. The number of benzene rings is 2. The van der Waals surface area contributed by atoms with E-state index < -0.39 is 0 Å². The Bertz CT molecular complexity index is 558. The lowest BCUT2D eigenvalue weighted by molar-refractivity contribution is 0.473. The molecule has 2 heteroatoms. The van der Waals surface area contributed by atoms with Crippen LogP contribution in [0, 0.1) is 0 Å². The van der Waals surface area contributed by atoms with E-state index >= 15 is 0 Å². The van der Waals surface area contributed by atoms with Crippen LogP contribution in [0.2, 0.25) is 0 Å². The van der Waals surface area contributed by atoms with Gasteiger partial charge in [0.15, 0.2) is 0 Å². The lowest BCUT2D eigenvalue weighted by Gasteiger charge is -2.15. The number of rotatable bonds is 5. The van der Waals surface area contributed by atoms with Crippen LogP contribution in [0.15, 0.2) is 42.5 Å². The molecule has 0 unspecified atom stereocenters. The van der Waals surface area contributed by atoms with Crippen LogP contribution in [0.3, 0.4) is 0 Å². The lowest BCUT2D eigenvalue weighted by atomic mass is 9.98. The Kier molecular flexibility index (Phi) is 4.67. The third-order valence-corrected chi connectivity index (χ3v) is 3.34. The van der Waals surface area contributed by atoms with Crippen LogP contribution in [0.25, 0.3) is 0 Å². The molecule has 2 N–H and O–H groups in total. The molecule has 0 fully saturated rings. The van der Waals surface area contributed by atoms with Crippen LogP contribution < -0.4 is 10.5 Å². The van der Waals surface area contributed by atoms with Crippen molar-refractivity contribution in [1.29, 1.82) is 0 Å². The van der Waals surface area contributed by atoms with Gasteiger partial charge in [-0.1, -0.05) is 39.3 Å². The molecule has 0 heterocycles. The molecule has 20 heavy (non-hydrogen) atoms. The normalized spacial score (nSPS) is 10.8. The molecule has 0 aliphatic heterocycles. The molecule has 0 saturated carbocycles. The Morgan fingerprint density at radius 2 is 1.75 bits per heavy atom. The minimum Gasteiger partial charge on any atom is -0.457 e. The van der Waals surface area contributed by atoms with E-state index in [1.54, 1.807) is 0 Å². The fraction of sp³-hybridized carbons (Fsp3) is 0.333. The van der Waals surface area contributed by atoms with Crippen molar-refractivity contribution in [3.05, 3.63) is 53.6 Å². The number of nitrogen functional groups attached to an aromatic ring is 1. The van der Waals surface area contributed by atoms with Crippen LogP contribution in [-0.4, -0.2) is 0 Å². The minimum absolute atomic E-state index is 0.440. The topological polar surface area (TPSA) is 35.2 Å². The average molecular weight is 269 g/mol. The van der Waals surface area contributed by atoms with Crippen molar-refractivity contribution in [2.45, 2.75) is 39.5 Å². The van der Waals surface area contributed by atoms with Gasteiger partial charge in [0, 0.05) is 5.69 Å². The largest absolute Gasteiger partial charge is 0.457 e. The maximum Gasteiger partial charge on any atom is 0.130 e. The Balaban J connectivity index is 2.28. The van der Waals surface area contributed by atoms with Crippen LogP contribution in [0.5, 0.6) is 11.5 Å². The Hall–Kier alpha value is -1.96. The van der Waals surface area contributed by atoms with E-state index in [4.69, 9.17) is 10.5 Å². The second kappa shape index (κ2) is 6.47. The standard InChI is InChI=1S/C18H23NO/c1-4-5-14-6-11-18(17(12-14)13(2)3)20-16-9-7-15(19)8-10-16/h6-13H,4-5,19H2,1-3H3. The Morgan fingerprint density at radius 3 is 2.35 bits per heavy atom. The van der Waals surface area contributed by atoms with Crippen molar-refractivity contribution >= 4 is 5.69 Å². The predicted molar refractivity (Wildman–Crippen MR) is 85.5 cm³/mol. The Labute approximate surface area is 121 Å². The summed E-state index contributed by atoms with van der Waals surface area (Å²) in [6.45, 7) is 6.59. The SMILES string of the molecule is CCCc1ccc(Oc2ccc(N)cc2)c(C(C)C)c1. The zero-order valence-corrected chi connectivity index (χ0v) is 12.5. The van der Waals surface area contributed by atoms with E-state index in [2.05, 4.69) is 39.0 Å². The quantitative estimate of drug-likeness (QED) is 0.763. The van der Waals surface area contributed by atoms with Gasteiger partial charge in [0.1, 0.15) is 11.5 Å². The molecule has 0 atom stereocenters. The van der Waals surface area contributed by atoms with Crippen LogP contribution in [-0.2, 0) is 6.42 Å². The van der Waals surface area contributed by atoms with Crippen LogP contribution in [0.1, 0.15) is 44.2 Å². The number of aryl methyl sites for hydroxylation is 1. The zero-order chi connectivity index (χ0) is 14.5. The van der Waals surface area contributed by atoms with Gasteiger partial charge in [-0.15, -0.1) is 0 Å². The van der Waals surface area contributed by atoms with E-state index in [1.165, 1.54) is 11.1 Å². The summed E-state index contributed by atoms with van der Waals surface area (Å²) in [6, 6.07) is 14.0. The molecule has 2 rings (SSSR count). The van der Waals surface area contributed by atoms with Crippen molar-refractivity contribution in [2.24, 2.45) is 0 Å². The molecular formula is C18H23NO. The van der Waals surface area contributed by atoms with E-state index in [-0.39, 0.29) is 0 Å². The molecule has 0 aliphatic rings. The van der Waals surface area contributed by atoms with Gasteiger partial charge in [0.25, 0.3) is 0 Å². The van der Waals surface area contributed by atoms with Gasteiger partial charge in [0.2, 0.25) is 0 Å². The third kappa shape index (κ3) is 3.53. The molecule has 106 valence electrons. The molecule has 2 aromatic rings. The van der Waals surface area contributed by atoms with Gasteiger partial charge in [-0.25, -0.2) is 0 Å². The highest BCUT2D eigenvalue weighted by Gasteiger charge is 2.10. The highest BCUT2D eigenvalue weighted by molar-refractivity contribution is 5.45. The first-order chi connectivity index (χ1) is 9.60. The summed E-state index contributed by atoms with van der Waals surface area (Å²) < 4.78 is 6.00. The molecule has 2 nitrogen and oxygen atoms in total. The van der Waals surface area contributed by atoms with Crippen molar-refractivity contribution in [3.8, 4) is 11.5 Å². The fourth-order valence-electron chi connectivity index (χ4n) is 2.25. The summed E-state index contributed by atoms with van der Waals surface area (Å²) in [5, 5.41) is 0. The summed E-state index contributed by atoms with van der Waals surface area (Å²) >= 11 is 0. The van der Waals surface area contributed by atoms with Crippen molar-refractivity contribution < 1.29 is 4.74 Å². The van der Waals surface area contributed by atoms with E-state index in [1.807, 2.05) is 24.3 Å². The van der Waals surface area contributed by atoms with Crippen molar-refractivity contribution in [3.63, 3.8) is 0 Å². The van der Waals surface area contributed by atoms with E-state index in [0.29, 0.717) is 5.92 Å². The van der Waals surface area contributed by atoms with Crippen molar-refractivity contribution in [2.75, 3.05) is 5.73 Å². The molecular weight excluding hydrogens is 246 g/mol. The number of hydrogen-bond acceptors (Lipinski definition) is 2. The second-order valence-corrected chi connectivity index (χ2v) is 5.45. The van der Waals surface area contributed by atoms with Gasteiger partial charge >= 0.3 is 0 Å². The van der Waals surface area contributed by atoms with Crippen LogP contribution in [0.4, 0.5) is 5.69 Å². The summed E-state index contributed by atoms with van der Waals surface area (Å²) in [5.74, 6) is 2.20. The molecule has 0 saturated heterocycles. The van der Waals surface area contributed by atoms with Crippen LogP contribution >= 0.6 is 0 Å². The van der Waals surface area contributed by atoms with E-state index in [9.17, 15) is 0 Å². The first-order valence-corrected chi connectivity index (χ1v) is 7.26. The van der Waals surface area contributed by atoms with Crippen molar-refractivity contribution in [1.82, 2.24) is 0 Å². The summed E-state index contributed by atoms with van der Waals surface area (Å²) in [6.07, 6.45) is 2.28. The monoisotopic (exact) mass is 269 g/mol.